The SMILES string of the molecule is CCN(CC)CCOc1ccc2oc(-c3cc4cccn4cn3)cc(=NO)c2c1.Cl. The minimum atomic E-state index is 0. The van der Waals surface area contributed by atoms with Gasteiger partial charge in [-0.25, -0.2) is 4.98 Å². The molecule has 3 heterocycles. The van der Waals surface area contributed by atoms with Gasteiger partial charge >= 0.3 is 0 Å². The van der Waals surface area contributed by atoms with Crippen LogP contribution in [0.5, 0.6) is 5.75 Å². The highest BCUT2D eigenvalue weighted by molar-refractivity contribution is 5.85. The third-order valence-electron chi connectivity index (χ3n) is 5.06. The van der Waals surface area contributed by atoms with Crippen LogP contribution in [0.4, 0.5) is 0 Å². The molecule has 1 aromatic carbocycles. The number of benzene rings is 1. The molecule has 0 radical (unpaired) electrons. The van der Waals surface area contributed by atoms with E-state index in [1.807, 2.05) is 47.0 Å². The van der Waals surface area contributed by atoms with Gasteiger partial charge in [-0.3, -0.25) is 0 Å². The first-order chi connectivity index (χ1) is 14.2. The molecule has 0 amide bonds. The van der Waals surface area contributed by atoms with Gasteiger partial charge in [-0.1, -0.05) is 19.0 Å². The highest BCUT2D eigenvalue weighted by atomic mass is 35.5. The molecule has 7 nitrogen and oxygen atoms in total. The van der Waals surface area contributed by atoms with Crippen molar-refractivity contribution in [1.82, 2.24) is 14.3 Å². The lowest BCUT2D eigenvalue weighted by Crippen LogP contribution is -2.27. The van der Waals surface area contributed by atoms with Gasteiger partial charge in [0, 0.05) is 24.3 Å². The lowest BCUT2D eigenvalue weighted by Gasteiger charge is -2.18. The molecule has 0 unspecified atom stereocenters. The second-order valence-corrected chi connectivity index (χ2v) is 6.74. The van der Waals surface area contributed by atoms with Gasteiger partial charge in [-0.05, 0) is 49.5 Å². The maximum absolute atomic E-state index is 9.56. The zero-order valence-corrected chi connectivity index (χ0v) is 17.8. The van der Waals surface area contributed by atoms with Crippen molar-refractivity contribution in [2.75, 3.05) is 26.2 Å². The molecule has 158 valence electrons. The van der Waals surface area contributed by atoms with Crippen LogP contribution < -0.4 is 10.1 Å². The summed E-state index contributed by atoms with van der Waals surface area (Å²) in [6.45, 7) is 7.72. The Morgan fingerprint density at radius 3 is 2.77 bits per heavy atom. The Morgan fingerprint density at radius 2 is 2.00 bits per heavy atom. The highest BCUT2D eigenvalue weighted by Gasteiger charge is 2.10. The van der Waals surface area contributed by atoms with Crippen molar-refractivity contribution in [2.24, 2.45) is 5.16 Å². The fourth-order valence-electron chi connectivity index (χ4n) is 3.35. The van der Waals surface area contributed by atoms with E-state index in [4.69, 9.17) is 9.15 Å². The van der Waals surface area contributed by atoms with Crippen LogP contribution in [0.3, 0.4) is 0 Å². The zero-order chi connectivity index (χ0) is 20.2. The molecule has 0 aliphatic rings. The van der Waals surface area contributed by atoms with Crippen molar-refractivity contribution in [2.45, 2.75) is 13.8 Å². The van der Waals surface area contributed by atoms with Crippen molar-refractivity contribution in [3.8, 4) is 17.2 Å². The maximum Gasteiger partial charge on any atom is 0.155 e. The van der Waals surface area contributed by atoms with E-state index >= 15 is 0 Å². The molecular formula is C22H25ClN4O3. The monoisotopic (exact) mass is 428 g/mol. The first-order valence-corrected chi connectivity index (χ1v) is 9.76. The summed E-state index contributed by atoms with van der Waals surface area (Å²) in [5, 5.41) is 14.1. The van der Waals surface area contributed by atoms with Crippen LogP contribution in [0, 0.1) is 0 Å². The first kappa shape index (κ1) is 21.7. The second-order valence-electron chi connectivity index (χ2n) is 6.74. The Morgan fingerprint density at radius 1 is 1.17 bits per heavy atom. The number of ether oxygens (including phenoxy) is 1. The number of aromatic nitrogens is 2. The molecule has 0 saturated heterocycles. The first-order valence-electron chi connectivity index (χ1n) is 9.76. The Kier molecular flexibility index (Phi) is 6.97. The molecule has 8 heteroatoms. The molecule has 4 rings (SSSR count). The van der Waals surface area contributed by atoms with Crippen molar-refractivity contribution in [3.05, 3.63) is 60.3 Å². The van der Waals surface area contributed by atoms with Crippen molar-refractivity contribution in [3.63, 3.8) is 0 Å². The smallest absolute Gasteiger partial charge is 0.155 e. The van der Waals surface area contributed by atoms with Crippen LogP contribution in [0.2, 0.25) is 0 Å². The molecule has 0 atom stereocenters. The van der Waals surface area contributed by atoms with Crippen LogP contribution >= 0.6 is 12.4 Å². The van der Waals surface area contributed by atoms with E-state index < -0.39 is 0 Å². The lowest BCUT2D eigenvalue weighted by atomic mass is 10.2. The minimum absolute atomic E-state index is 0. The average molecular weight is 429 g/mol. The Balaban J connectivity index is 0.00000256. The summed E-state index contributed by atoms with van der Waals surface area (Å²) in [4.78, 5) is 6.74. The topological polar surface area (TPSA) is 75.5 Å². The standard InChI is InChI=1S/C22H24N4O3.ClH/c1-3-25(4-2)10-11-28-17-7-8-21-18(13-17)19(24-27)14-22(29-21)20-12-16-6-5-9-26(16)15-23-20;/h5-9,12-15,27H,3-4,10-11H2,1-2H3;1H. The molecule has 0 saturated carbocycles. The fraction of sp³-hybridized carbons (Fsp3) is 0.273. The van der Waals surface area contributed by atoms with Crippen molar-refractivity contribution >= 4 is 28.9 Å². The van der Waals surface area contributed by atoms with Gasteiger partial charge in [-0.15, -0.1) is 12.4 Å². The molecular weight excluding hydrogens is 404 g/mol. The molecule has 30 heavy (non-hydrogen) atoms. The van der Waals surface area contributed by atoms with E-state index in [0.29, 0.717) is 40.1 Å². The van der Waals surface area contributed by atoms with Crippen LogP contribution in [0.25, 0.3) is 27.9 Å². The van der Waals surface area contributed by atoms with Crippen molar-refractivity contribution < 1.29 is 14.4 Å². The lowest BCUT2D eigenvalue weighted by molar-refractivity contribution is 0.223. The third-order valence-corrected chi connectivity index (χ3v) is 5.06. The van der Waals surface area contributed by atoms with Crippen LogP contribution in [-0.4, -0.2) is 45.7 Å². The van der Waals surface area contributed by atoms with Gasteiger partial charge < -0.3 is 23.7 Å². The summed E-state index contributed by atoms with van der Waals surface area (Å²) < 4.78 is 13.8. The van der Waals surface area contributed by atoms with Gasteiger partial charge in [0.25, 0.3) is 0 Å². The largest absolute Gasteiger partial charge is 0.492 e. The Bertz CT molecular complexity index is 1200. The quantitative estimate of drug-likeness (QED) is 0.353. The van der Waals surface area contributed by atoms with Crippen LogP contribution in [-0.2, 0) is 0 Å². The minimum Gasteiger partial charge on any atom is -0.492 e. The predicted octanol–water partition coefficient (Wildman–Crippen LogP) is 4.18. The number of halogens is 1. The summed E-state index contributed by atoms with van der Waals surface area (Å²) >= 11 is 0. The van der Waals surface area contributed by atoms with Gasteiger partial charge in [0.05, 0.1) is 11.7 Å². The fourth-order valence-corrected chi connectivity index (χ4v) is 3.35. The number of rotatable bonds is 7. The van der Waals surface area contributed by atoms with Crippen LogP contribution in [0.1, 0.15) is 13.8 Å². The third kappa shape index (κ3) is 4.42. The van der Waals surface area contributed by atoms with E-state index in [2.05, 4.69) is 28.9 Å². The van der Waals surface area contributed by atoms with E-state index in [9.17, 15) is 5.21 Å². The zero-order valence-electron chi connectivity index (χ0n) is 17.0. The summed E-state index contributed by atoms with van der Waals surface area (Å²) in [5.74, 6) is 1.24. The van der Waals surface area contributed by atoms with E-state index in [1.165, 1.54) is 0 Å². The average Bonchev–Trinajstić information content (AvgIpc) is 3.24. The van der Waals surface area contributed by atoms with Gasteiger partial charge in [0.15, 0.2) is 5.76 Å². The number of likely N-dealkylation sites (N-methyl/N-ethyl adjacent to an activating group) is 1. The van der Waals surface area contributed by atoms with Crippen LogP contribution in [0.15, 0.2) is 64.6 Å². The normalized spacial score (nSPS) is 11.9. The van der Waals surface area contributed by atoms with Gasteiger partial charge in [-0.2, -0.15) is 0 Å². The number of hydrogen-bond acceptors (Lipinski definition) is 6. The summed E-state index contributed by atoms with van der Waals surface area (Å²) in [7, 11) is 0. The van der Waals surface area contributed by atoms with E-state index in [0.717, 1.165) is 25.2 Å². The summed E-state index contributed by atoms with van der Waals surface area (Å²) in [6.07, 6.45) is 3.66. The molecule has 0 bridgehead atoms. The van der Waals surface area contributed by atoms with Crippen molar-refractivity contribution in [1.29, 1.82) is 0 Å². The molecule has 1 N–H and O–H groups in total. The second kappa shape index (κ2) is 9.65. The molecule has 0 fully saturated rings. The predicted molar refractivity (Wildman–Crippen MR) is 118 cm³/mol. The molecule has 0 spiro atoms. The highest BCUT2D eigenvalue weighted by Crippen LogP contribution is 2.24. The molecule has 0 aliphatic carbocycles. The number of hydrogen-bond donors (Lipinski definition) is 1. The maximum atomic E-state index is 9.56. The number of fused-ring (bicyclic) bond motifs is 2. The Hall–Kier alpha value is -3.03. The summed E-state index contributed by atoms with van der Waals surface area (Å²) in [5.41, 5.74) is 2.27. The van der Waals surface area contributed by atoms with E-state index in [1.54, 1.807) is 12.4 Å². The molecule has 3 aromatic heterocycles. The summed E-state index contributed by atoms with van der Waals surface area (Å²) in [6, 6.07) is 13.1. The van der Waals surface area contributed by atoms with Gasteiger partial charge in [0.1, 0.15) is 29.0 Å². The molecule has 4 aromatic rings. The number of nitrogens with zero attached hydrogens (tertiary/aromatic N) is 4. The Labute approximate surface area is 180 Å². The van der Waals surface area contributed by atoms with Gasteiger partial charge in [0.2, 0.25) is 0 Å². The molecule has 0 aliphatic heterocycles. The van der Waals surface area contributed by atoms with E-state index in [-0.39, 0.29) is 12.4 Å².